The summed E-state index contributed by atoms with van der Waals surface area (Å²) in [5.41, 5.74) is 3.60. The summed E-state index contributed by atoms with van der Waals surface area (Å²) < 4.78 is 0. The number of aromatic nitrogens is 1. The Labute approximate surface area is 116 Å². The van der Waals surface area contributed by atoms with Gasteiger partial charge in [0.15, 0.2) is 0 Å². The van der Waals surface area contributed by atoms with E-state index >= 15 is 0 Å². The highest BCUT2D eigenvalue weighted by Crippen LogP contribution is 2.32. The minimum absolute atomic E-state index is 0.383. The van der Waals surface area contributed by atoms with Crippen molar-refractivity contribution in [3.05, 3.63) is 16.6 Å². The molecule has 1 unspecified atom stereocenters. The van der Waals surface area contributed by atoms with Gasteiger partial charge in [-0.15, -0.1) is 11.3 Å². The van der Waals surface area contributed by atoms with Gasteiger partial charge in [-0.05, 0) is 24.7 Å². The molecule has 0 spiro atoms. The predicted octanol–water partition coefficient (Wildman–Crippen LogP) is 4.27. The van der Waals surface area contributed by atoms with Crippen LogP contribution in [0, 0.1) is 5.41 Å². The molecular weight excluding hydrogens is 240 g/mol. The number of rotatable bonds is 9. The lowest BCUT2D eigenvalue weighted by Gasteiger charge is -2.33. The number of nitrogens with one attached hydrogen (secondary N) is 1. The first-order chi connectivity index (χ1) is 8.62. The van der Waals surface area contributed by atoms with Crippen LogP contribution < -0.4 is 5.32 Å². The molecule has 3 heteroatoms. The number of unbranched alkanes of at least 4 members (excludes halogenated alkanes) is 1. The lowest BCUT2D eigenvalue weighted by Crippen LogP contribution is -2.39. The average Bonchev–Trinajstić information content (AvgIpc) is 2.85. The number of hydrogen-bond acceptors (Lipinski definition) is 3. The second kappa shape index (κ2) is 7.90. The van der Waals surface area contributed by atoms with Gasteiger partial charge in [0.2, 0.25) is 0 Å². The molecule has 0 aliphatic heterocycles. The average molecular weight is 268 g/mol. The second-order valence-electron chi connectivity index (χ2n) is 5.65. The SMILES string of the molecule is CCCCC(CC)(CNC(C)C)Cc1cscn1. The van der Waals surface area contributed by atoms with Crippen LogP contribution >= 0.6 is 11.3 Å². The molecule has 0 aromatic carbocycles. The van der Waals surface area contributed by atoms with E-state index in [0.717, 1.165) is 13.0 Å². The summed E-state index contributed by atoms with van der Waals surface area (Å²) in [5.74, 6) is 0. The molecule has 2 nitrogen and oxygen atoms in total. The van der Waals surface area contributed by atoms with Crippen molar-refractivity contribution in [2.24, 2.45) is 5.41 Å². The molecule has 0 saturated carbocycles. The zero-order chi connectivity index (χ0) is 13.4. The normalized spacial score (nSPS) is 14.9. The predicted molar refractivity (Wildman–Crippen MR) is 81.2 cm³/mol. The highest BCUT2D eigenvalue weighted by atomic mass is 32.1. The molecule has 104 valence electrons. The van der Waals surface area contributed by atoms with Crippen molar-refractivity contribution in [2.75, 3.05) is 6.54 Å². The second-order valence-corrected chi connectivity index (χ2v) is 6.37. The molecule has 0 bridgehead atoms. The summed E-state index contributed by atoms with van der Waals surface area (Å²) in [5, 5.41) is 5.83. The molecule has 1 heterocycles. The Balaban J connectivity index is 2.69. The van der Waals surface area contributed by atoms with Crippen LogP contribution in [0.2, 0.25) is 0 Å². The molecule has 0 aliphatic carbocycles. The Kier molecular flexibility index (Phi) is 6.87. The smallest absolute Gasteiger partial charge is 0.0794 e. The standard InChI is InChI=1S/C15H28N2S/c1-5-7-8-15(6-2,11-16-13(3)4)9-14-10-18-12-17-14/h10,12-13,16H,5-9,11H2,1-4H3. The molecule has 1 N–H and O–H groups in total. The van der Waals surface area contributed by atoms with E-state index < -0.39 is 0 Å². The molecule has 1 aromatic heterocycles. The highest BCUT2D eigenvalue weighted by Gasteiger charge is 2.28. The number of thiazole rings is 1. The Bertz CT molecular complexity index is 308. The van der Waals surface area contributed by atoms with Crippen LogP contribution in [0.5, 0.6) is 0 Å². The maximum absolute atomic E-state index is 4.47. The van der Waals surface area contributed by atoms with Crippen molar-refractivity contribution >= 4 is 11.3 Å². The van der Waals surface area contributed by atoms with Crippen molar-refractivity contribution in [3.8, 4) is 0 Å². The fraction of sp³-hybridized carbons (Fsp3) is 0.800. The maximum Gasteiger partial charge on any atom is 0.0794 e. The molecule has 18 heavy (non-hydrogen) atoms. The van der Waals surface area contributed by atoms with Crippen molar-refractivity contribution in [2.45, 2.75) is 65.8 Å². The van der Waals surface area contributed by atoms with E-state index in [1.165, 1.54) is 31.4 Å². The van der Waals surface area contributed by atoms with Crippen molar-refractivity contribution < 1.29 is 0 Å². The first kappa shape index (κ1) is 15.6. The third kappa shape index (κ3) is 5.07. The van der Waals surface area contributed by atoms with Crippen molar-refractivity contribution in [3.63, 3.8) is 0 Å². The van der Waals surface area contributed by atoms with Gasteiger partial charge in [-0.1, -0.05) is 40.5 Å². The molecule has 1 aromatic rings. The first-order valence-corrected chi connectivity index (χ1v) is 8.16. The van der Waals surface area contributed by atoms with E-state index in [1.54, 1.807) is 11.3 Å². The van der Waals surface area contributed by atoms with E-state index in [9.17, 15) is 0 Å². The van der Waals surface area contributed by atoms with Crippen LogP contribution in [0.1, 0.15) is 59.1 Å². The van der Waals surface area contributed by atoms with Gasteiger partial charge in [0.05, 0.1) is 11.2 Å². The summed E-state index contributed by atoms with van der Waals surface area (Å²) in [6.45, 7) is 10.2. The van der Waals surface area contributed by atoms with Gasteiger partial charge in [-0.2, -0.15) is 0 Å². The van der Waals surface area contributed by atoms with E-state index in [4.69, 9.17) is 0 Å². The Morgan fingerprint density at radius 1 is 1.39 bits per heavy atom. The van der Waals surface area contributed by atoms with E-state index in [2.05, 4.69) is 43.4 Å². The molecule has 0 fully saturated rings. The third-order valence-corrected chi connectivity index (χ3v) is 4.37. The first-order valence-electron chi connectivity index (χ1n) is 7.22. The highest BCUT2D eigenvalue weighted by molar-refractivity contribution is 7.07. The molecule has 1 rings (SSSR count). The lowest BCUT2D eigenvalue weighted by atomic mass is 9.76. The Hall–Kier alpha value is -0.410. The lowest BCUT2D eigenvalue weighted by molar-refractivity contribution is 0.221. The summed E-state index contributed by atoms with van der Waals surface area (Å²) >= 11 is 1.71. The fourth-order valence-electron chi connectivity index (χ4n) is 2.35. The topological polar surface area (TPSA) is 24.9 Å². The molecule has 0 aliphatic rings. The van der Waals surface area contributed by atoms with Crippen molar-refractivity contribution in [1.82, 2.24) is 10.3 Å². The van der Waals surface area contributed by atoms with Crippen molar-refractivity contribution in [1.29, 1.82) is 0 Å². The monoisotopic (exact) mass is 268 g/mol. The minimum Gasteiger partial charge on any atom is -0.314 e. The minimum atomic E-state index is 0.383. The fourth-order valence-corrected chi connectivity index (χ4v) is 2.91. The van der Waals surface area contributed by atoms with Crippen LogP contribution in [-0.2, 0) is 6.42 Å². The zero-order valence-electron chi connectivity index (χ0n) is 12.3. The summed E-state index contributed by atoms with van der Waals surface area (Å²) in [6, 6.07) is 0.563. The van der Waals surface area contributed by atoms with Gasteiger partial charge in [0.25, 0.3) is 0 Å². The summed E-state index contributed by atoms with van der Waals surface area (Å²) in [6.07, 6.45) is 6.24. The summed E-state index contributed by atoms with van der Waals surface area (Å²) in [4.78, 5) is 4.47. The largest absolute Gasteiger partial charge is 0.314 e. The van der Waals surface area contributed by atoms with E-state index in [1.807, 2.05) is 5.51 Å². The van der Waals surface area contributed by atoms with Crippen LogP contribution in [0.3, 0.4) is 0 Å². The maximum atomic E-state index is 4.47. The van der Waals surface area contributed by atoms with Gasteiger partial charge in [0.1, 0.15) is 0 Å². The van der Waals surface area contributed by atoms with Crippen LogP contribution in [0.4, 0.5) is 0 Å². The molecular formula is C15H28N2S. The van der Waals surface area contributed by atoms with Gasteiger partial charge < -0.3 is 5.32 Å². The number of hydrogen-bond donors (Lipinski definition) is 1. The van der Waals surface area contributed by atoms with E-state index in [0.29, 0.717) is 11.5 Å². The molecule has 1 atom stereocenters. The van der Waals surface area contributed by atoms with Gasteiger partial charge in [-0.25, -0.2) is 4.98 Å². The molecule has 0 saturated heterocycles. The molecule has 0 radical (unpaired) electrons. The van der Waals surface area contributed by atoms with E-state index in [-0.39, 0.29) is 0 Å². The van der Waals surface area contributed by atoms with Crippen LogP contribution in [0.15, 0.2) is 10.9 Å². The Morgan fingerprint density at radius 3 is 2.67 bits per heavy atom. The van der Waals surface area contributed by atoms with Gasteiger partial charge >= 0.3 is 0 Å². The summed E-state index contributed by atoms with van der Waals surface area (Å²) in [7, 11) is 0. The van der Waals surface area contributed by atoms with Gasteiger partial charge in [0, 0.05) is 18.0 Å². The quantitative estimate of drug-likeness (QED) is 0.723. The Morgan fingerprint density at radius 2 is 2.17 bits per heavy atom. The zero-order valence-corrected chi connectivity index (χ0v) is 13.1. The third-order valence-electron chi connectivity index (χ3n) is 3.74. The number of nitrogens with zero attached hydrogens (tertiary/aromatic N) is 1. The molecule has 0 amide bonds. The van der Waals surface area contributed by atoms with Crippen LogP contribution in [-0.4, -0.2) is 17.6 Å². The van der Waals surface area contributed by atoms with Crippen LogP contribution in [0.25, 0.3) is 0 Å². The van der Waals surface area contributed by atoms with Gasteiger partial charge in [-0.3, -0.25) is 0 Å².